The largest absolute Gasteiger partial charge is 0.340 e. The number of urea groups is 1. The van der Waals surface area contributed by atoms with Crippen molar-refractivity contribution in [3.63, 3.8) is 0 Å². The summed E-state index contributed by atoms with van der Waals surface area (Å²) in [7, 11) is 0. The van der Waals surface area contributed by atoms with E-state index in [1.165, 1.54) is 6.20 Å². The van der Waals surface area contributed by atoms with Crippen LogP contribution < -0.4 is 16.0 Å². The molecule has 3 amide bonds. The molecule has 150 valence electrons. The molecule has 0 fully saturated rings. The summed E-state index contributed by atoms with van der Waals surface area (Å²) in [6.07, 6.45) is 1.45. The molecular formula is C21H17ClN6O2. The summed E-state index contributed by atoms with van der Waals surface area (Å²) in [6.45, 7) is 0.239. The molecular weight excluding hydrogens is 404 g/mol. The zero-order chi connectivity index (χ0) is 20.9. The number of benzene rings is 2. The van der Waals surface area contributed by atoms with Gasteiger partial charge in [-0.25, -0.2) is 14.8 Å². The van der Waals surface area contributed by atoms with E-state index in [2.05, 4.69) is 30.9 Å². The van der Waals surface area contributed by atoms with Gasteiger partial charge < -0.3 is 20.9 Å². The Hall–Kier alpha value is -3.91. The van der Waals surface area contributed by atoms with Gasteiger partial charge in [-0.05, 0) is 42.5 Å². The monoisotopic (exact) mass is 420 g/mol. The number of imidazole rings is 1. The molecule has 0 aliphatic rings. The fourth-order valence-corrected chi connectivity index (χ4v) is 2.92. The van der Waals surface area contributed by atoms with E-state index in [0.29, 0.717) is 27.9 Å². The van der Waals surface area contributed by atoms with Crippen LogP contribution >= 0.6 is 11.6 Å². The molecule has 9 heteroatoms. The van der Waals surface area contributed by atoms with Crippen LogP contribution in [0, 0.1) is 0 Å². The number of amides is 3. The molecule has 4 aromatic rings. The number of rotatable bonds is 5. The molecule has 4 rings (SSSR count). The molecule has 2 aromatic heterocycles. The van der Waals surface area contributed by atoms with Gasteiger partial charge in [-0.2, -0.15) is 0 Å². The number of hydrogen-bond donors (Lipinski definition) is 4. The van der Waals surface area contributed by atoms with Gasteiger partial charge in [-0.3, -0.25) is 4.79 Å². The van der Waals surface area contributed by atoms with Crippen LogP contribution in [-0.2, 0) is 6.54 Å². The number of aromatic nitrogens is 3. The number of pyridine rings is 1. The molecule has 0 bridgehead atoms. The third-order valence-corrected chi connectivity index (χ3v) is 4.43. The first-order valence-electron chi connectivity index (χ1n) is 9.08. The van der Waals surface area contributed by atoms with Gasteiger partial charge in [-0.15, -0.1) is 0 Å². The van der Waals surface area contributed by atoms with Crippen molar-refractivity contribution in [2.75, 3.05) is 10.6 Å². The Balaban J connectivity index is 1.35. The van der Waals surface area contributed by atoms with Crippen molar-refractivity contribution in [1.29, 1.82) is 0 Å². The number of carbonyl (C=O) groups is 2. The van der Waals surface area contributed by atoms with Crippen LogP contribution in [0.3, 0.4) is 0 Å². The fraction of sp³-hybridized carbons (Fsp3) is 0.0476. The summed E-state index contributed by atoms with van der Waals surface area (Å²) in [6, 6.07) is 17.0. The molecule has 0 unspecified atom stereocenters. The Morgan fingerprint density at radius 2 is 1.87 bits per heavy atom. The van der Waals surface area contributed by atoms with E-state index in [9.17, 15) is 9.59 Å². The predicted octanol–water partition coefficient (Wildman–Crippen LogP) is 4.19. The van der Waals surface area contributed by atoms with Crippen LogP contribution in [0.1, 0.15) is 16.2 Å². The van der Waals surface area contributed by atoms with Crippen molar-refractivity contribution < 1.29 is 9.59 Å². The lowest BCUT2D eigenvalue weighted by Crippen LogP contribution is -2.28. The summed E-state index contributed by atoms with van der Waals surface area (Å²) >= 11 is 5.79. The molecule has 8 nitrogen and oxygen atoms in total. The van der Waals surface area contributed by atoms with Crippen molar-refractivity contribution in [1.82, 2.24) is 20.3 Å². The molecule has 30 heavy (non-hydrogen) atoms. The summed E-state index contributed by atoms with van der Waals surface area (Å²) in [4.78, 5) is 36.2. The third kappa shape index (κ3) is 4.73. The van der Waals surface area contributed by atoms with Crippen LogP contribution in [0.15, 0.2) is 66.9 Å². The van der Waals surface area contributed by atoms with Gasteiger partial charge in [0.25, 0.3) is 5.91 Å². The number of fused-ring (bicyclic) bond motifs is 1. The lowest BCUT2D eigenvalue weighted by Gasteiger charge is -2.09. The third-order valence-electron chi connectivity index (χ3n) is 4.21. The van der Waals surface area contributed by atoms with Gasteiger partial charge in [0.2, 0.25) is 0 Å². The minimum atomic E-state index is -0.410. The van der Waals surface area contributed by atoms with Crippen molar-refractivity contribution in [2.24, 2.45) is 0 Å². The number of halogens is 1. The van der Waals surface area contributed by atoms with E-state index in [0.717, 1.165) is 11.0 Å². The minimum Gasteiger partial charge on any atom is -0.340 e. The highest BCUT2D eigenvalue weighted by Crippen LogP contribution is 2.14. The van der Waals surface area contributed by atoms with E-state index in [4.69, 9.17) is 11.6 Å². The SMILES string of the molecule is O=C(NCc1nc2ccccc2[nH]1)Nc1cccc(C(=O)Nc2ccc(Cl)cn2)c1. The normalized spacial score (nSPS) is 10.6. The number of aromatic amines is 1. The maximum Gasteiger partial charge on any atom is 0.319 e. The van der Waals surface area contributed by atoms with E-state index < -0.39 is 6.03 Å². The van der Waals surface area contributed by atoms with Crippen molar-refractivity contribution in [2.45, 2.75) is 6.54 Å². The second kappa shape index (κ2) is 8.62. The maximum absolute atomic E-state index is 12.4. The molecule has 0 spiro atoms. The van der Waals surface area contributed by atoms with Crippen LogP contribution in [0.25, 0.3) is 11.0 Å². The van der Waals surface area contributed by atoms with Gasteiger partial charge in [0, 0.05) is 17.4 Å². The van der Waals surface area contributed by atoms with Gasteiger partial charge >= 0.3 is 6.03 Å². The van der Waals surface area contributed by atoms with Crippen LogP contribution in [-0.4, -0.2) is 26.9 Å². The Morgan fingerprint density at radius 3 is 2.67 bits per heavy atom. The first-order chi connectivity index (χ1) is 14.6. The zero-order valence-corrected chi connectivity index (χ0v) is 16.4. The Morgan fingerprint density at radius 1 is 1.00 bits per heavy atom. The summed E-state index contributed by atoms with van der Waals surface area (Å²) in [5.74, 6) is 0.678. The summed E-state index contributed by atoms with van der Waals surface area (Å²) < 4.78 is 0. The molecule has 0 aliphatic heterocycles. The molecule has 2 aromatic carbocycles. The Labute approximate surface area is 176 Å². The second-order valence-electron chi connectivity index (χ2n) is 6.40. The number of carbonyl (C=O) groups excluding carboxylic acids is 2. The molecule has 0 saturated heterocycles. The van der Waals surface area contributed by atoms with Crippen molar-refractivity contribution in [3.8, 4) is 0 Å². The second-order valence-corrected chi connectivity index (χ2v) is 6.84. The smallest absolute Gasteiger partial charge is 0.319 e. The molecule has 0 radical (unpaired) electrons. The number of para-hydroxylation sites is 2. The van der Waals surface area contributed by atoms with Crippen molar-refractivity contribution in [3.05, 3.63) is 83.3 Å². The number of anilines is 2. The fourth-order valence-electron chi connectivity index (χ4n) is 2.81. The number of nitrogens with zero attached hydrogens (tertiary/aromatic N) is 2. The van der Waals surface area contributed by atoms with Gasteiger partial charge in [0.15, 0.2) is 0 Å². The first kappa shape index (κ1) is 19.4. The topological polar surface area (TPSA) is 112 Å². The zero-order valence-electron chi connectivity index (χ0n) is 15.6. The average molecular weight is 421 g/mol. The number of nitrogens with one attached hydrogen (secondary N) is 4. The lowest BCUT2D eigenvalue weighted by atomic mass is 10.2. The van der Waals surface area contributed by atoms with E-state index in [1.807, 2.05) is 24.3 Å². The average Bonchev–Trinajstić information content (AvgIpc) is 3.17. The van der Waals surface area contributed by atoms with Crippen molar-refractivity contribution >= 4 is 46.1 Å². The summed E-state index contributed by atoms with van der Waals surface area (Å²) in [5, 5.41) is 8.60. The highest BCUT2D eigenvalue weighted by atomic mass is 35.5. The molecule has 0 atom stereocenters. The quantitative estimate of drug-likeness (QED) is 0.388. The highest BCUT2D eigenvalue weighted by Gasteiger charge is 2.10. The first-order valence-corrected chi connectivity index (χ1v) is 9.46. The number of hydrogen-bond acceptors (Lipinski definition) is 4. The molecule has 0 aliphatic carbocycles. The van der Waals surface area contributed by atoms with Gasteiger partial charge in [0.05, 0.1) is 22.6 Å². The predicted molar refractivity (Wildman–Crippen MR) is 116 cm³/mol. The standard InChI is InChI=1S/C21H17ClN6O2/c22-14-8-9-18(23-11-14)28-20(29)13-4-3-5-15(10-13)25-21(30)24-12-19-26-16-6-1-2-7-17(16)27-19/h1-11H,12H2,(H,26,27)(H,23,28,29)(H2,24,25,30). The van der Waals surface area contributed by atoms with Crippen LogP contribution in [0.4, 0.5) is 16.3 Å². The highest BCUT2D eigenvalue weighted by molar-refractivity contribution is 6.30. The van der Waals surface area contributed by atoms with E-state index in [1.54, 1.807) is 36.4 Å². The minimum absolute atomic E-state index is 0.239. The lowest BCUT2D eigenvalue weighted by molar-refractivity contribution is 0.102. The van der Waals surface area contributed by atoms with Crippen LogP contribution in [0.5, 0.6) is 0 Å². The Kier molecular flexibility index (Phi) is 5.58. The number of H-pyrrole nitrogens is 1. The van der Waals surface area contributed by atoms with Gasteiger partial charge in [0.1, 0.15) is 11.6 Å². The van der Waals surface area contributed by atoms with Gasteiger partial charge in [-0.1, -0.05) is 29.8 Å². The molecule has 2 heterocycles. The van der Waals surface area contributed by atoms with E-state index in [-0.39, 0.29) is 12.5 Å². The van der Waals surface area contributed by atoms with E-state index >= 15 is 0 Å². The molecule has 0 saturated carbocycles. The van der Waals surface area contributed by atoms with Crippen LogP contribution in [0.2, 0.25) is 5.02 Å². The molecule has 4 N–H and O–H groups in total. The summed E-state index contributed by atoms with van der Waals surface area (Å²) in [5.41, 5.74) is 2.60. The maximum atomic E-state index is 12.4. The Bertz CT molecular complexity index is 1170.